The Hall–Kier alpha value is -5.33. The Morgan fingerprint density at radius 3 is 2.02 bits per heavy atom. The molecule has 0 radical (unpaired) electrons. The maximum Gasteiger partial charge on any atom is 0.358 e. The molecule has 4 aromatic carbocycles. The van der Waals surface area contributed by atoms with Gasteiger partial charge in [-0.05, 0) is 41.0 Å². The van der Waals surface area contributed by atoms with E-state index in [1.807, 2.05) is 91.0 Å². The number of thiocarbonyl (C=S) groups is 1. The van der Waals surface area contributed by atoms with Gasteiger partial charge in [-0.15, -0.1) is 6.58 Å². The first-order valence-electron chi connectivity index (χ1n) is 16.0. The number of nitrogens with one attached hydrogen (secondary N) is 1. The number of para-hydroxylation sites is 1. The van der Waals surface area contributed by atoms with Crippen LogP contribution >= 0.6 is 12.2 Å². The van der Waals surface area contributed by atoms with Gasteiger partial charge in [0.05, 0.1) is 20.3 Å². The van der Waals surface area contributed by atoms with Gasteiger partial charge in [0.25, 0.3) is 5.56 Å². The van der Waals surface area contributed by atoms with Crippen LogP contribution in [0.25, 0.3) is 0 Å². The van der Waals surface area contributed by atoms with Gasteiger partial charge in [-0.1, -0.05) is 97.1 Å². The molecule has 4 atom stereocenters. The summed E-state index contributed by atoms with van der Waals surface area (Å²) in [7, 11) is 1.62. The molecule has 2 heterocycles. The Labute approximate surface area is 294 Å². The fourth-order valence-corrected chi connectivity index (χ4v) is 6.26. The second kappa shape index (κ2) is 15.9. The third kappa shape index (κ3) is 7.46. The average Bonchev–Trinajstić information content (AvgIpc) is 3.48. The van der Waals surface area contributed by atoms with Crippen molar-refractivity contribution in [3.8, 4) is 11.5 Å². The van der Waals surface area contributed by atoms with E-state index < -0.39 is 41.4 Å². The summed E-state index contributed by atoms with van der Waals surface area (Å²) >= 11 is 5.51. The number of hydrogen-bond donors (Lipinski definition) is 1. The molecule has 0 spiro atoms. The van der Waals surface area contributed by atoms with Crippen LogP contribution in [0.1, 0.15) is 22.9 Å². The third-order valence-electron chi connectivity index (χ3n) is 8.32. The van der Waals surface area contributed by atoms with Gasteiger partial charge in [0.1, 0.15) is 29.3 Å². The van der Waals surface area contributed by atoms with E-state index in [0.717, 1.165) is 16.7 Å². The van der Waals surface area contributed by atoms with Crippen LogP contribution in [0.4, 0.5) is 0 Å². The van der Waals surface area contributed by atoms with Crippen molar-refractivity contribution in [1.29, 1.82) is 0 Å². The topological polar surface area (TPSA) is 110 Å². The molecule has 1 saturated heterocycles. The zero-order valence-corrected chi connectivity index (χ0v) is 28.1. The molecule has 5 aromatic rings. The fraction of sp³-hybridized carbons (Fsp3) is 0.205. The van der Waals surface area contributed by atoms with E-state index in [2.05, 4.69) is 11.6 Å². The minimum atomic E-state index is -1.11. The van der Waals surface area contributed by atoms with Gasteiger partial charge in [0, 0.05) is 24.5 Å². The summed E-state index contributed by atoms with van der Waals surface area (Å²) in [4.78, 5) is 27.4. The van der Waals surface area contributed by atoms with E-state index in [1.165, 1.54) is 16.8 Å². The summed E-state index contributed by atoms with van der Waals surface area (Å²) in [5, 5.41) is -0.206. The van der Waals surface area contributed by atoms with E-state index in [1.54, 1.807) is 37.5 Å². The molecule has 0 bridgehead atoms. The number of ether oxygens (including phenoxy) is 6. The number of aromatic nitrogens is 2. The Morgan fingerprint density at radius 1 is 0.840 bits per heavy atom. The number of nitrogens with zero attached hydrogens (tertiary/aromatic N) is 1. The number of hydrogen-bond acceptors (Lipinski definition) is 9. The largest absolute Gasteiger partial charge is 0.497 e. The molecule has 1 aliphatic heterocycles. The van der Waals surface area contributed by atoms with E-state index in [0.29, 0.717) is 11.5 Å². The van der Waals surface area contributed by atoms with E-state index >= 15 is 0 Å². The molecular weight excluding hydrogens is 657 g/mol. The lowest BCUT2D eigenvalue weighted by molar-refractivity contribution is -0.102. The molecule has 0 aliphatic carbocycles. The van der Waals surface area contributed by atoms with Crippen molar-refractivity contribution in [3.05, 3.63) is 178 Å². The summed E-state index contributed by atoms with van der Waals surface area (Å²) in [5.41, 5.74) is 0.218. The van der Waals surface area contributed by atoms with Crippen molar-refractivity contribution in [2.45, 2.75) is 30.1 Å². The van der Waals surface area contributed by atoms with Crippen molar-refractivity contribution in [3.63, 3.8) is 0 Å². The quantitative estimate of drug-likeness (QED) is 0.0935. The van der Waals surface area contributed by atoms with Crippen molar-refractivity contribution in [2.24, 2.45) is 0 Å². The molecule has 11 heteroatoms. The molecule has 1 aromatic heterocycles. The molecule has 1 fully saturated rings. The summed E-state index contributed by atoms with van der Waals surface area (Å²) in [6.45, 7) is 3.91. The van der Waals surface area contributed by atoms with Crippen LogP contribution < -0.4 is 20.7 Å². The number of aromatic amines is 1. The van der Waals surface area contributed by atoms with Crippen LogP contribution in [-0.4, -0.2) is 53.4 Å². The summed E-state index contributed by atoms with van der Waals surface area (Å²) in [5.74, 6) is 1.16. The van der Waals surface area contributed by atoms with Crippen LogP contribution in [0.2, 0.25) is 0 Å². The summed E-state index contributed by atoms with van der Waals surface area (Å²) < 4.78 is 38.7. The number of H-pyrrole nitrogens is 1. The molecule has 0 unspecified atom stereocenters. The molecule has 256 valence electrons. The van der Waals surface area contributed by atoms with E-state index in [4.69, 9.17) is 40.6 Å². The van der Waals surface area contributed by atoms with Crippen molar-refractivity contribution in [2.75, 3.05) is 20.3 Å². The summed E-state index contributed by atoms with van der Waals surface area (Å²) in [6, 6.07) is 37.6. The molecule has 50 heavy (non-hydrogen) atoms. The highest BCUT2D eigenvalue weighted by Gasteiger charge is 2.50. The van der Waals surface area contributed by atoms with Crippen LogP contribution in [0.3, 0.4) is 0 Å². The normalized spacial score (nSPS) is 18.7. The molecule has 1 N–H and O–H groups in total. The Kier molecular flexibility index (Phi) is 11.0. The van der Waals surface area contributed by atoms with Gasteiger partial charge in [0.15, 0.2) is 12.3 Å². The van der Waals surface area contributed by atoms with E-state index in [9.17, 15) is 9.59 Å². The second-order valence-corrected chi connectivity index (χ2v) is 11.7. The fourth-order valence-electron chi connectivity index (χ4n) is 6.05. The number of methoxy groups -OCH3 is 1. The van der Waals surface area contributed by atoms with Crippen molar-refractivity contribution >= 4 is 17.5 Å². The van der Waals surface area contributed by atoms with Gasteiger partial charge in [0.2, 0.25) is 0 Å². The van der Waals surface area contributed by atoms with Crippen LogP contribution in [-0.2, 0) is 24.5 Å². The van der Waals surface area contributed by atoms with Crippen LogP contribution in [0.5, 0.6) is 11.5 Å². The first kappa shape index (κ1) is 34.5. The highest BCUT2D eigenvalue weighted by Crippen LogP contribution is 2.43. The zero-order chi connectivity index (χ0) is 34.9. The predicted molar refractivity (Wildman–Crippen MR) is 191 cm³/mol. The van der Waals surface area contributed by atoms with E-state index in [-0.39, 0.29) is 18.5 Å². The lowest BCUT2D eigenvalue weighted by Gasteiger charge is -2.37. The standard InChI is InChI=1S/C39H36N2O8S/c1-3-25-45-34-32(48-36(41-24-23-33(42)40-37(41)43)35(34)49-38(50)47-31-17-11-6-12-18-31)26-46-39(27-13-7-4-8-14-27,28-15-9-5-10-16-28)29-19-21-30(44-2)22-20-29/h3-24,32,34-36H,1,25-26H2,2H3,(H,40,42,43)/t32-,34+,35-,36-/m1/s1. The number of rotatable bonds is 13. The Balaban J connectivity index is 1.41. The minimum Gasteiger partial charge on any atom is -0.497 e. The molecular formula is C39H36N2O8S. The van der Waals surface area contributed by atoms with Crippen molar-refractivity contribution < 1.29 is 28.4 Å². The smallest absolute Gasteiger partial charge is 0.358 e. The molecule has 0 saturated carbocycles. The Bertz CT molecular complexity index is 1950. The predicted octanol–water partition coefficient (Wildman–Crippen LogP) is 5.77. The minimum absolute atomic E-state index is 0.0294. The first-order valence-corrected chi connectivity index (χ1v) is 16.4. The van der Waals surface area contributed by atoms with Crippen LogP contribution in [0, 0.1) is 0 Å². The maximum atomic E-state index is 13.1. The SMILES string of the molecule is C=CCO[C@@H]1[C@@H](OC(=S)Oc2ccccc2)[C@H](n2ccc(=O)[nH]c2=O)O[C@@H]1COC(c1ccccc1)(c1ccccc1)c1ccc(OC)cc1. The maximum absolute atomic E-state index is 13.1. The van der Waals surface area contributed by atoms with Crippen LogP contribution in [0.15, 0.2) is 150 Å². The van der Waals surface area contributed by atoms with Gasteiger partial charge in [-0.3, -0.25) is 14.3 Å². The zero-order valence-electron chi connectivity index (χ0n) is 27.3. The highest BCUT2D eigenvalue weighted by molar-refractivity contribution is 7.79. The van der Waals surface area contributed by atoms with Gasteiger partial charge < -0.3 is 28.4 Å². The molecule has 0 amide bonds. The lowest BCUT2D eigenvalue weighted by Crippen LogP contribution is -2.43. The average molecular weight is 693 g/mol. The van der Waals surface area contributed by atoms with Gasteiger partial charge in [-0.2, -0.15) is 0 Å². The van der Waals surface area contributed by atoms with Gasteiger partial charge in [-0.25, -0.2) is 4.79 Å². The highest BCUT2D eigenvalue weighted by atomic mass is 32.1. The molecule has 10 nitrogen and oxygen atoms in total. The third-order valence-corrected chi connectivity index (χ3v) is 8.49. The monoisotopic (exact) mass is 692 g/mol. The lowest BCUT2D eigenvalue weighted by atomic mass is 9.80. The Morgan fingerprint density at radius 2 is 1.44 bits per heavy atom. The van der Waals surface area contributed by atoms with Crippen molar-refractivity contribution in [1.82, 2.24) is 9.55 Å². The second-order valence-electron chi connectivity index (χ2n) is 11.4. The molecule has 6 rings (SSSR count). The number of benzene rings is 4. The van der Waals surface area contributed by atoms with Gasteiger partial charge >= 0.3 is 10.9 Å². The first-order chi connectivity index (χ1) is 24.4. The summed E-state index contributed by atoms with van der Waals surface area (Å²) in [6.07, 6.45) is -0.811. The molecule has 1 aliphatic rings.